The maximum atomic E-state index is 10.3. The van der Waals surface area contributed by atoms with Crippen molar-refractivity contribution in [3.05, 3.63) is 29.3 Å². The summed E-state index contributed by atoms with van der Waals surface area (Å²) >= 11 is 0. The van der Waals surface area contributed by atoms with Gasteiger partial charge < -0.3 is 15.3 Å². The molecule has 0 unspecified atom stereocenters. The zero-order valence-electron chi connectivity index (χ0n) is 19.2. The van der Waals surface area contributed by atoms with E-state index in [0.717, 1.165) is 24.7 Å². The second-order valence-electron chi connectivity index (χ2n) is 9.60. The van der Waals surface area contributed by atoms with E-state index in [1.807, 2.05) is 0 Å². The molecule has 0 spiro atoms. The first-order valence-electron chi connectivity index (χ1n) is 12.0. The van der Waals surface area contributed by atoms with Crippen molar-refractivity contribution < 1.29 is 9.90 Å². The van der Waals surface area contributed by atoms with Crippen LogP contribution in [0.3, 0.4) is 0 Å². The van der Waals surface area contributed by atoms with Gasteiger partial charge in [-0.25, -0.2) is 4.79 Å². The van der Waals surface area contributed by atoms with E-state index in [2.05, 4.69) is 54.1 Å². The molecule has 3 aliphatic rings. The Bertz CT molecular complexity index is 673. The van der Waals surface area contributed by atoms with Gasteiger partial charge in [0.2, 0.25) is 0 Å². The third kappa shape index (κ3) is 7.19. The molecule has 1 heterocycles. The average Bonchev–Trinajstić information content (AvgIpc) is 3.54. The molecule has 5 heteroatoms. The van der Waals surface area contributed by atoms with Crippen LogP contribution in [0.4, 0.5) is 10.5 Å². The van der Waals surface area contributed by atoms with Crippen molar-refractivity contribution in [3.63, 3.8) is 0 Å². The summed E-state index contributed by atoms with van der Waals surface area (Å²) in [6, 6.07) is 7.04. The molecule has 3 fully saturated rings. The van der Waals surface area contributed by atoms with Gasteiger partial charge in [-0.2, -0.15) is 0 Å². The van der Waals surface area contributed by atoms with E-state index in [1.165, 1.54) is 81.6 Å². The summed E-state index contributed by atoms with van der Waals surface area (Å²) in [6.45, 7) is 12.8. The number of carbonyl (C=O) groups is 1. The summed E-state index contributed by atoms with van der Waals surface area (Å²) in [4.78, 5) is 15.5. The number of anilines is 1. The van der Waals surface area contributed by atoms with Gasteiger partial charge in [-0.15, -0.1) is 0 Å². The molecule has 1 aliphatic heterocycles. The van der Waals surface area contributed by atoms with Gasteiger partial charge in [0.05, 0.1) is 0 Å². The lowest BCUT2D eigenvalue weighted by molar-refractivity contribution is 0.182. The smallest absolute Gasteiger partial charge is 0.404 e. The zero-order valence-corrected chi connectivity index (χ0v) is 19.2. The number of piperazine rings is 1. The standard InChI is InChI=1S/C16H24N2.C9H17NO2/c1-13-3-6-16(14(2)11-13)18-9-7-17(8-10-18)12-15-4-5-15;1-2-7-3-5-8(6-4-7)10-9(11)12/h3,6,11,15H,4-5,7-10,12H2,1-2H3;7-8,10H,2-6H2,1H3,(H,11,12). The number of carboxylic acid groups (broad SMARTS) is 1. The second kappa shape index (κ2) is 11.0. The maximum absolute atomic E-state index is 10.3. The third-order valence-electron chi connectivity index (χ3n) is 7.03. The quantitative estimate of drug-likeness (QED) is 0.706. The predicted molar refractivity (Wildman–Crippen MR) is 124 cm³/mol. The summed E-state index contributed by atoms with van der Waals surface area (Å²) in [5.41, 5.74) is 4.22. The molecule has 2 saturated carbocycles. The van der Waals surface area contributed by atoms with Crippen molar-refractivity contribution in [2.75, 3.05) is 37.6 Å². The van der Waals surface area contributed by atoms with E-state index in [9.17, 15) is 4.79 Å². The summed E-state index contributed by atoms with van der Waals surface area (Å²) in [5, 5.41) is 11.0. The van der Waals surface area contributed by atoms with Gasteiger partial charge in [-0.3, -0.25) is 4.90 Å². The van der Waals surface area contributed by atoms with E-state index in [0.29, 0.717) is 0 Å². The van der Waals surface area contributed by atoms with Crippen molar-refractivity contribution in [1.82, 2.24) is 10.2 Å². The molecular weight excluding hydrogens is 374 g/mol. The van der Waals surface area contributed by atoms with Crippen molar-refractivity contribution in [2.24, 2.45) is 11.8 Å². The van der Waals surface area contributed by atoms with E-state index in [1.54, 1.807) is 0 Å². The lowest BCUT2D eigenvalue weighted by Crippen LogP contribution is -2.47. The molecule has 0 atom stereocenters. The van der Waals surface area contributed by atoms with Crippen LogP contribution in [0.5, 0.6) is 0 Å². The molecular formula is C25H41N3O2. The molecule has 1 amide bonds. The van der Waals surface area contributed by atoms with E-state index >= 15 is 0 Å². The minimum Gasteiger partial charge on any atom is -0.465 e. The van der Waals surface area contributed by atoms with Gasteiger partial charge >= 0.3 is 6.09 Å². The van der Waals surface area contributed by atoms with Crippen LogP contribution in [0.1, 0.15) is 63.0 Å². The molecule has 2 aliphatic carbocycles. The van der Waals surface area contributed by atoms with Crippen molar-refractivity contribution in [1.29, 1.82) is 0 Å². The van der Waals surface area contributed by atoms with E-state index < -0.39 is 6.09 Å². The first kappa shape index (κ1) is 22.9. The molecule has 0 radical (unpaired) electrons. The van der Waals surface area contributed by atoms with Crippen LogP contribution in [0.2, 0.25) is 0 Å². The van der Waals surface area contributed by atoms with Gasteiger partial charge in [0.15, 0.2) is 0 Å². The Hall–Kier alpha value is -1.75. The minimum absolute atomic E-state index is 0.213. The monoisotopic (exact) mass is 415 g/mol. The molecule has 5 nitrogen and oxygen atoms in total. The maximum Gasteiger partial charge on any atom is 0.404 e. The summed E-state index contributed by atoms with van der Waals surface area (Å²) in [5.74, 6) is 1.86. The van der Waals surface area contributed by atoms with Gasteiger partial charge in [0.1, 0.15) is 0 Å². The average molecular weight is 416 g/mol. The molecule has 0 aromatic heterocycles. The van der Waals surface area contributed by atoms with Crippen molar-refractivity contribution in [2.45, 2.75) is 71.8 Å². The number of aryl methyl sites for hydroxylation is 2. The number of nitrogens with one attached hydrogen (secondary N) is 1. The Kier molecular flexibility index (Phi) is 8.43. The summed E-state index contributed by atoms with van der Waals surface area (Å²) in [6.07, 6.45) is 7.70. The molecule has 1 saturated heterocycles. The highest BCUT2D eigenvalue weighted by Gasteiger charge is 2.26. The minimum atomic E-state index is -0.880. The van der Waals surface area contributed by atoms with Gasteiger partial charge in [-0.05, 0) is 75.8 Å². The number of amides is 1. The number of hydrogen-bond donors (Lipinski definition) is 2. The Morgan fingerprint density at radius 1 is 1.00 bits per heavy atom. The van der Waals surface area contributed by atoms with Gasteiger partial charge in [-0.1, -0.05) is 31.0 Å². The topological polar surface area (TPSA) is 55.8 Å². The van der Waals surface area contributed by atoms with Crippen LogP contribution in [-0.2, 0) is 0 Å². The highest BCUT2D eigenvalue weighted by atomic mass is 16.4. The number of rotatable bonds is 5. The molecule has 1 aromatic carbocycles. The first-order valence-corrected chi connectivity index (χ1v) is 12.0. The third-order valence-corrected chi connectivity index (χ3v) is 7.03. The van der Waals surface area contributed by atoms with Crippen molar-refractivity contribution >= 4 is 11.8 Å². The van der Waals surface area contributed by atoms with Crippen LogP contribution >= 0.6 is 0 Å². The summed E-state index contributed by atoms with van der Waals surface area (Å²) < 4.78 is 0. The highest BCUT2D eigenvalue weighted by Crippen LogP contribution is 2.30. The highest BCUT2D eigenvalue weighted by molar-refractivity contribution is 5.64. The Morgan fingerprint density at radius 2 is 1.63 bits per heavy atom. The molecule has 168 valence electrons. The lowest BCUT2D eigenvalue weighted by atomic mass is 9.85. The predicted octanol–water partition coefficient (Wildman–Crippen LogP) is 5.06. The van der Waals surface area contributed by atoms with Crippen LogP contribution in [0.25, 0.3) is 0 Å². The van der Waals surface area contributed by atoms with Gasteiger partial charge in [0.25, 0.3) is 0 Å². The molecule has 0 bridgehead atoms. The van der Waals surface area contributed by atoms with Crippen molar-refractivity contribution in [3.8, 4) is 0 Å². The fourth-order valence-electron chi connectivity index (χ4n) is 4.89. The van der Waals surface area contributed by atoms with Crippen LogP contribution in [0.15, 0.2) is 18.2 Å². The van der Waals surface area contributed by atoms with Crippen LogP contribution < -0.4 is 10.2 Å². The normalized spacial score (nSPS) is 24.7. The Balaban J connectivity index is 0.000000187. The molecule has 30 heavy (non-hydrogen) atoms. The van der Waals surface area contributed by atoms with Crippen LogP contribution in [0, 0.1) is 25.7 Å². The fourth-order valence-corrected chi connectivity index (χ4v) is 4.89. The van der Waals surface area contributed by atoms with E-state index in [-0.39, 0.29) is 6.04 Å². The number of benzene rings is 1. The second-order valence-corrected chi connectivity index (χ2v) is 9.60. The first-order chi connectivity index (χ1) is 14.4. The molecule has 4 rings (SSSR count). The van der Waals surface area contributed by atoms with E-state index in [4.69, 9.17) is 5.11 Å². The van der Waals surface area contributed by atoms with Gasteiger partial charge in [0, 0.05) is 44.5 Å². The molecule has 2 N–H and O–H groups in total. The zero-order chi connectivity index (χ0) is 21.5. The number of hydrogen-bond acceptors (Lipinski definition) is 3. The lowest BCUT2D eigenvalue weighted by Gasteiger charge is -2.37. The Morgan fingerprint density at radius 3 is 2.17 bits per heavy atom. The largest absolute Gasteiger partial charge is 0.465 e. The Labute approximate surface area is 182 Å². The summed E-state index contributed by atoms with van der Waals surface area (Å²) in [7, 11) is 0. The van der Waals surface area contributed by atoms with Crippen LogP contribution in [-0.4, -0.2) is 54.9 Å². The fraction of sp³-hybridized carbons (Fsp3) is 0.720. The SMILES string of the molecule is CCC1CCC(NC(=O)O)CC1.Cc1ccc(N2CCN(CC3CC3)CC2)c(C)c1. The molecule has 1 aromatic rings. The number of nitrogens with zero attached hydrogens (tertiary/aromatic N) is 2.